The van der Waals surface area contributed by atoms with Crippen molar-refractivity contribution in [1.29, 1.82) is 0 Å². The Balaban J connectivity index is 2.09. The van der Waals surface area contributed by atoms with Crippen molar-refractivity contribution in [1.82, 2.24) is 9.78 Å². The van der Waals surface area contributed by atoms with Crippen LogP contribution in [0.5, 0.6) is 0 Å². The average molecular weight is 180 g/mol. The zero-order valence-electron chi connectivity index (χ0n) is 7.35. The van der Waals surface area contributed by atoms with Gasteiger partial charge in [0.2, 0.25) is 0 Å². The molecule has 1 aliphatic heterocycles. The highest BCUT2D eigenvalue weighted by Crippen LogP contribution is 2.21. The molecule has 1 aromatic rings. The number of nitrogens with zero attached hydrogens (tertiary/aromatic N) is 2. The fraction of sp³-hybridized carbons (Fsp3) is 0.556. The zero-order chi connectivity index (χ0) is 9.10. The first-order chi connectivity index (χ1) is 6.40. The van der Waals surface area contributed by atoms with E-state index in [0.717, 1.165) is 25.7 Å². The van der Waals surface area contributed by atoms with E-state index in [4.69, 9.17) is 4.74 Å². The molecule has 0 aliphatic carbocycles. The van der Waals surface area contributed by atoms with Crippen LogP contribution in [-0.2, 0) is 4.74 Å². The Bertz CT molecular complexity index is 290. The van der Waals surface area contributed by atoms with Gasteiger partial charge in [-0.2, -0.15) is 5.10 Å². The van der Waals surface area contributed by atoms with Crippen LogP contribution in [0.2, 0.25) is 0 Å². The van der Waals surface area contributed by atoms with Crippen LogP contribution < -0.4 is 0 Å². The third-order valence-corrected chi connectivity index (χ3v) is 2.21. The van der Waals surface area contributed by atoms with Crippen molar-refractivity contribution in [3.63, 3.8) is 0 Å². The molecule has 2 rings (SSSR count). The monoisotopic (exact) mass is 180 g/mol. The molecule has 0 aromatic carbocycles. The molecule has 1 saturated heterocycles. The van der Waals surface area contributed by atoms with Crippen molar-refractivity contribution in [2.24, 2.45) is 0 Å². The summed E-state index contributed by atoms with van der Waals surface area (Å²) in [6.45, 7) is 0.793. The van der Waals surface area contributed by atoms with Gasteiger partial charge in [-0.05, 0) is 19.3 Å². The summed E-state index contributed by atoms with van der Waals surface area (Å²) in [6.07, 6.45) is 7.39. The molecule has 13 heavy (non-hydrogen) atoms. The second-order valence-electron chi connectivity index (χ2n) is 3.19. The van der Waals surface area contributed by atoms with Crippen LogP contribution >= 0.6 is 0 Å². The van der Waals surface area contributed by atoms with Crippen LogP contribution in [0.1, 0.15) is 35.8 Å². The van der Waals surface area contributed by atoms with Gasteiger partial charge in [-0.15, -0.1) is 0 Å². The molecule has 1 aromatic heterocycles. The molecule has 0 radical (unpaired) electrons. The van der Waals surface area contributed by atoms with Crippen LogP contribution in [0.25, 0.3) is 0 Å². The second-order valence-corrected chi connectivity index (χ2v) is 3.19. The maximum Gasteiger partial charge on any atom is 0.153 e. The van der Waals surface area contributed by atoms with Gasteiger partial charge in [0.25, 0.3) is 0 Å². The lowest BCUT2D eigenvalue weighted by Gasteiger charge is -2.22. The number of rotatable bonds is 2. The van der Waals surface area contributed by atoms with Crippen LogP contribution in [0.4, 0.5) is 0 Å². The number of carbonyl (C=O) groups is 1. The summed E-state index contributed by atoms with van der Waals surface area (Å²) in [5.41, 5.74) is 0.606. The van der Waals surface area contributed by atoms with Crippen LogP contribution in [0.15, 0.2) is 12.4 Å². The highest BCUT2D eigenvalue weighted by molar-refractivity contribution is 5.73. The van der Waals surface area contributed by atoms with Crippen molar-refractivity contribution >= 4 is 6.29 Å². The van der Waals surface area contributed by atoms with Gasteiger partial charge in [0.15, 0.2) is 6.29 Å². The first-order valence-electron chi connectivity index (χ1n) is 4.51. The summed E-state index contributed by atoms with van der Waals surface area (Å²) in [7, 11) is 0. The topological polar surface area (TPSA) is 44.1 Å². The summed E-state index contributed by atoms with van der Waals surface area (Å²) >= 11 is 0. The summed E-state index contributed by atoms with van der Waals surface area (Å²) in [5, 5.41) is 4.07. The third kappa shape index (κ3) is 1.78. The molecule has 70 valence electrons. The highest BCUT2D eigenvalue weighted by Gasteiger charge is 2.15. The standard InChI is InChI=1S/C9H12N2O2/c12-7-8-5-10-11(6-8)9-3-1-2-4-13-9/h5-7,9H,1-4H2. The van der Waals surface area contributed by atoms with Crippen molar-refractivity contribution in [2.45, 2.75) is 25.5 Å². The van der Waals surface area contributed by atoms with E-state index in [9.17, 15) is 4.79 Å². The molecule has 2 heterocycles. The van der Waals surface area contributed by atoms with E-state index in [2.05, 4.69) is 5.10 Å². The number of ether oxygens (including phenoxy) is 1. The Kier molecular flexibility index (Phi) is 2.40. The number of aldehydes is 1. The number of hydrogen-bond acceptors (Lipinski definition) is 3. The summed E-state index contributed by atoms with van der Waals surface area (Å²) in [5.74, 6) is 0. The van der Waals surface area contributed by atoms with E-state index in [-0.39, 0.29) is 6.23 Å². The Labute approximate surface area is 76.5 Å². The van der Waals surface area contributed by atoms with Crippen molar-refractivity contribution in [2.75, 3.05) is 6.61 Å². The van der Waals surface area contributed by atoms with E-state index in [1.807, 2.05) is 0 Å². The molecule has 1 atom stereocenters. The van der Waals surface area contributed by atoms with E-state index >= 15 is 0 Å². The molecule has 4 nitrogen and oxygen atoms in total. The van der Waals surface area contributed by atoms with E-state index in [1.54, 1.807) is 17.1 Å². The minimum Gasteiger partial charge on any atom is -0.357 e. The molecule has 1 aliphatic rings. The van der Waals surface area contributed by atoms with Crippen LogP contribution in [-0.4, -0.2) is 22.7 Å². The number of aromatic nitrogens is 2. The Hall–Kier alpha value is -1.16. The van der Waals surface area contributed by atoms with Crippen LogP contribution in [0.3, 0.4) is 0 Å². The van der Waals surface area contributed by atoms with Crippen molar-refractivity contribution in [3.05, 3.63) is 18.0 Å². The average Bonchev–Trinajstić information content (AvgIpc) is 2.67. The Morgan fingerprint density at radius 1 is 1.62 bits per heavy atom. The maximum atomic E-state index is 10.4. The molecule has 0 saturated carbocycles. The van der Waals surface area contributed by atoms with E-state index in [1.165, 1.54) is 6.42 Å². The van der Waals surface area contributed by atoms with Gasteiger partial charge in [-0.25, -0.2) is 4.68 Å². The molecule has 0 spiro atoms. The second kappa shape index (κ2) is 3.70. The smallest absolute Gasteiger partial charge is 0.153 e. The lowest BCUT2D eigenvalue weighted by molar-refractivity contribution is -0.0395. The molecular weight excluding hydrogens is 168 g/mol. The first kappa shape index (κ1) is 8.44. The Morgan fingerprint density at radius 3 is 3.15 bits per heavy atom. The van der Waals surface area contributed by atoms with Gasteiger partial charge in [0, 0.05) is 12.8 Å². The van der Waals surface area contributed by atoms with Crippen molar-refractivity contribution in [3.8, 4) is 0 Å². The summed E-state index contributed by atoms with van der Waals surface area (Å²) in [4.78, 5) is 10.4. The summed E-state index contributed by atoms with van der Waals surface area (Å²) in [6, 6.07) is 0. The van der Waals surface area contributed by atoms with E-state index < -0.39 is 0 Å². The maximum absolute atomic E-state index is 10.4. The lowest BCUT2D eigenvalue weighted by atomic mass is 10.2. The molecule has 0 N–H and O–H groups in total. The largest absolute Gasteiger partial charge is 0.357 e. The molecule has 4 heteroatoms. The lowest BCUT2D eigenvalue weighted by Crippen LogP contribution is -2.18. The number of carbonyl (C=O) groups excluding carboxylic acids is 1. The predicted molar refractivity (Wildman–Crippen MR) is 46.5 cm³/mol. The van der Waals surface area contributed by atoms with Gasteiger partial charge in [0.05, 0.1) is 11.8 Å². The highest BCUT2D eigenvalue weighted by atomic mass is 16.5. The molecule has 0 amide bonds. The fourth-order valence-electron chi connectivity index (χ4n) is 1.50. The zero-order valence-corrected chi connectivity index (χ0v) is 7.35. The normalized spacial score (nSPS) is 22.9. The first-order valence-corrected chi connectivity index (χ1v) is 4.51. The minimum atomic E-state index is 0.0300. The van der Waals surface area contributed by atoms with Gasteiger partial charge in [0.1, 0.15) is 6.23 Å². The van der Waals surface area contributed by atoms with Gasteiger partial charge in [-0.3, -0.25) is 4.79 Å². The SMILES string of the molecule is O=Cc1cnn(C2CCCCO2)c1. The Morgan fingerprint density at radius 2 is 2.54 bits per heavy atom. The third-order valence-electron chi connectivity index (χ3n) is 2.21. The molecular formula is C9H12N2O2. The fourth-order valence-corrected chi connectivity index (χ4v) is 1.50. The minimum absolute atomic E-state index is 0.0300. The molecule has 1 unspecified atom stereocenters. The van der Waals surface area contributed by atoms with Gasteiger partial charge < -0.3 is 4.74 Å². The van der Waals surface area contributed by atoms with Crippen molar-refractivity contribution < 1.29 is 9.53 Å². The van der Waals surface area contributed by atoms with Gasteiger partial charge >= 0.3 is 0 Å². The van der Waals surface area contributed by atoms with Crippen LogP contribution in [0, 0.1) is 0 Å². The van der Waals surface area contributed by atoms with E-state index in [0.29, 0.717) is 5.56 Å². The van der Waals surface area contributed by atoms with Gasteiger partial charge in [-0.1, -0.05) is 0 Å². The summed E-state index contributed by atoms with van der Waals surface area (Å²) < 4.78 is 7.23. The molecule has 0 bridgehead atoms. The predicted octanol–water partition coefficient (Wildman–Crippen LogP) is 1.39. The quantitative estimate of drug-likeness (QED) is 0.646. The number of hydrogen-bond donors (Lipinski definition) is 0. The molecule has 1 fully saturated rings.